The van der Waals surface area contributed by atoms with E-state index in [1.165, 1.54) is 6.08 Å². The normalized spacial score (nSPS) is 11.1. The van der Waals surface area contributed by atoms with Crippen LogP contribution in [0.25, 0.3) is 0 Å². The predicted molar refractivity (Wildman–Crippen MR) is 58.0 cm³/mol. The van der Waals surface area contributed by atoms with E-state index in [0.717, 1.165) is 0 Å². The second kappa shape index (κ2) is 4.67. The zero-order valence-electron chi connectivity index (χ0n) is 7.75. The van der Waals surface area contributed by atoms with Gasteiger partial charge in [-0.15, -0.1) is 0 Å². The monoisotopic (exact) mass is 210 g/mol. The van der Waals surface area contributed by atoms with Crippen LogP contribution < -0.4 is 11.1 Å². The summed E-state index contributed by atoms with van der Waals surface area (Å²) in [5, 5.41) is 3.28. The summed E-state index contributed by atoms with van der Waals surface area (Å²) in [4.78, 5) is 11.2. The van der Waals surface area contributed by atoms with Crippen molar-refractivity contribution in [3.05, 3.63) is 41.1 Å². The van der Waals surface area contributed by atoms with Crippen molar-refractivity contribution in [2.75, 3.05) is 5.32 Å². The fourth-order valence-corrected chi connectivity index (χ4v) is 1.04. The lowest BCUT2D eigenvalue weighted by molar-refractivity contribution is -0.111. The fraction of sp³-hybridized carbons (Fsp3) is 0.100. The average molecular weight is 211 g/mol. The van der Waals surface area contributed by atoms with Crippen LogP contribution >= 0.6 is 11.6 Å². The predicted octanol–water partition coefficient (Wildman–Crippen LogP) is 2.14. The van der Waals surface area contributed by atoms with Crippen LogP contribution in [0.15, 0.2) is 36.0 Å². The van der Waals surface area contributed by atoms with Crippen LogP contribution in [0, 0.1) is 0 Å². The smallest absolute Gasteiger partial charge is 0.250 e. The maximum atomic E-state index is 11.2. The standard InChI is InChI=1S/C10H11ClN2O/c1-7(12)6-10(14)13-9-4-2-8(11)3-5-9/h2-6H,12H2,1H3,(H,13,14)/b7-6-. The third-order valence-corrected chi connectivity index (χ3v) is 1.72. The molecule has 0 aliphatic rings. The van der Waals surface area contributed by atoms with Gasteiger partial charge in [-0.1, -0.05) is 11.6 Å². The van der Waals surface area contributed by atoms with Gasteiger partial charge >= 0.3 is 0 Å². The van der Waals surface area contributed by atoms with E-state index in [1.807, 2.05) is 0 Å². The van der Waals surface area contributed by atoms with Crippen LogP contribution in [0.2, 0.25) is 5.02 Å². The van der Waals surface area contributed by atoms with Crippen molar-refractivity contribution in [3.63, 3.8) is 0 Å². The molecule has 1 aromatic carbocycles. The van der Waals surface area contributed by atoms with Gasteiger partial charge < -0.3 is 11.1 Å². The molecule has 0 spiro atoms. The third kappa shape index (κ3) is 3.49. The van der Waals surface area contributed by atoms with Crippen molar-refractivity contribution in [1.29, 1.82) is 0 Å². The summed E-state index contributed by atoms with van der Waals surface area (Å²) in [5.41, 5.74) is 6.51. The summed E-state index contributed by atoms with van der Waals surface area (Å²) in [6.45, 7) is 1.65. The van der Waals surface area contributed by atoms with Crippen LogP contribution in [-0.4, -0.2) is 5.91 Å². The minimum atomic E-state index is -0.243. The number of nitrogens with one attached hydrogen (secondary N) is 1. The highest BCUT2D eigenvalue weighted by atomic mass is 35.5. The lowest BCUT2D eigenvalue weighted by Gasteiger charge is -2.01. The third-order valence-electron chi connectivity index (χ3n) is 1.47. The number of carbonyl (C=O) groups excluding carboxylic acids is 1. The van der Waals surface area contributed by atoms with Crippen molar-refractivity contribution >= 4 is 23.2 Å². The first-order valence-electron chi connectivity index (χ1n) is 4.08. The van der Waals surface area contributed by atoms with Crippen LogP contribution in [0.5, 0.6) is 0 Å². The number of rotatable bonds is 2. The van der Waals surface area contributed by atoms with Gasteiger partial charge in [0.05, 0.1) is 0 Å². The van der Waals surface area contributed by atoms with Crippen molar-refractivity contribution in [2.45, 2.75) is 6.92 Å². The van der Waals surface area contributed by atoms with Crippen LogP contribution in [0.3, 0.4) is 0 Å². The number of carbonyl (C=O) groups is 1. The lowest BCUT2D eigenvalue weighted by Crippen LogP contribution is -2.10. The molecular formula is C10H11ClN2O. The molecule has 0 heterocycles. The molecule has 4 heteroatoms. The van der Waals surface area contributed by atoms with Crippen molar-refractivity contribution < 1.29 is 4.79 Å². The molecule has 1 amide bonds. The van der Waals surface area contributed by atoms with E-state index < -0.39 is 0 Å². The number of nitrogens with two attached hydrogens (primary N) is 1. The van der Waals surface area contributed by atoms with E-state index in [2.05, 4.69) is 5.32 Å². The number of hydrogen-bond donors (Lipinski definition) is 2. The summed E-state index contributed by atoms with van der Waals surface area (Å²) in [7, 11) is 0. The van der Waals surface area contributed by atoms with Gasteiger partial charge in [-0.3, -0.25) is 4.79 Å². The van der Waals surface area contributed by atoms with Crippen molar-refractivity contribution in [1.82, 2.24) is 0 Å². The highest BCUT2D eigenvalue weighted by Crippen LogP contribution is 2.13. The maximum absolute atomic E-state index is 11.2. The van der Waals surface area contributed by atoms with Gasteiger partial charge in [-0.25, -0.2) is 0 Å². The molecule has 0 atom stereocenters. The molecule has 0 unspecified atom stereocenters. The largest absolute Gasteiger partial charge is 0.402 e. The van der Waals surface area contributed by atoms with Gasteiger partial charge in [-0.2, -0.15) is 0 Å². The molecule has 1 aromatic rings. The van der Waals surface area contributed by atoms with Crippen LogP contribution in [-0.2, 0) is 4.79 Å². The molecule has 0 aliphatic heterocycles. The van der Waals surface area contributed by atoms with Gasteiger partial charge in [-0.05, 0) is 31.2 Å². The fourth-order valence-electron chi connectivity index (χ4n) is 0.918. The number of amides is 1. The minimum Gasteiger partial charge on any atom is -0.402 e. The lowest BCUT2D eigenvalue weighted by atomic mass is 10.3. The second-order valence-electron chi connectivity index (χ2n) is 2.88. The summed E-state index contributed by atoms with van der Waals surface area (Å²) in [6, 6.07) is 6.85. The van der Waals surface area contributed by atoms with Gasteiger partial charge in [0.25, 0.3) is 0 Å². The molecule has 0 aliphatic carbocycles. The number of benzene rings is 1. The Balaban J connectivity index is 2.66. The summed E-state index contributed by atoms with van der Waals surface area (Å²) < 4.78 is 0. The zero-order valence-corrected chi connectivity index (χ0v) is 8.51. The Kier molecular flexibility index (Phi) is 3.54. The molecule has 0 bridgehead atoms. The van der Waals surface area contributed by atoms with E-state index in [4.69, 9.17) is 17.3 Å². The van der Waals surface area contributed by atoms with Gasteiger partial charge in [0.1, 0.15) is 0 Å². The molecule has 0 aromatic heterocycles. The Morgan fingerprint density at radius 3 is 2.50 bits per heavy atom. The molecule has 0 fully saturated rings. The van der Waals surface area contributed by atoms with Crippen molar-refractivity contribution in [2.24, 2.45) is 5.73 Å². The Labute approximate surface area is 87.6 Å². The SMILES string of the molecule is C/C(N)=C/C(=O)Nc1ccc(Cl)cc1. The highest BCUT2D eigenvalue weighted by molar-refractivity contribution is 6.30. The van der Waals surface area contributed by atoms with Gasteiger partial charge in [0.2, 0.25) is 5.91 Å². The number of hydrogen-bond acceptors (Lipinski definition) is 2. The molecule has 3 nitrogen and oxygen atoms in total. The van der Waals surface area contributed by atoms with Crippen LogP contribution in [0.4, 0.5) is 5.69 Å². The quantitative estimate of drug-likeness (QED) is 0.735. The molecular weight excluding hydrogens is 200 g/mol. The first kappa shape index (κ1) is 10.6. The molecule has 14 heavy (non-hydrogen) atoms. The van der Waals surface area contributed by atoms with Crippen molar-refractivity contribution in [3.8, 4) is 0 Å². The highest BCUT2D eigenvalue weighted by Gasteiger charge is 1.97. The number of anilines is 1. The molecule has 3 N–H and O–H groups in total. The molecule has 74 valence electrons. The Bertz CT molecular complexity index is 353. The molecule has 0 saturated carbocycles. The van der Waals surface area contributed by atoms with Gasteiger partial charge in [0, 0.05) is 22.5 Å². The topological polar surface area (TPSA) is 55.1 Å². The number of allylic oxidation sites excluding steroid dienone is 1. The number of halogens is 1. The van der Waals surface area contributed by atoms with E-state index in [-0.39, 0.29) is 5.91 Å². The Hall–Kier alpha value is -1.48. The average Bonchev–Trinajstić information content (AvgIpc) is 2.07. The zero-order chi connectivity index (χ0) is 10.6. The minimum absolute atomic E-state index is 0.243. The van der Waals surface area contributed by atoms with E-state index in [9.17, 15) is 4.79 Å². The van der Waals surface area contributed by atoms with Gasteiger partial charge in [0.15, 0.2) is 0 Å². The molecule has 0 radical (unpaired) electrons. The maximum Gasteiger partial charge on any atom is 0.250 e. The van der Waals surface area contributed by atoms with Crippen LogP contribution in [0.1, 0.15) is 6.92 Å². The van der Waals surface area contributed by atoms with E-state index in [1.54, 1.807) is 31.2 Å². The van der Waals surface area contributed by atoms with E-state index >= 15 is 0 Å². The first-order chi connectivity index (χ1) is 6.58. The summed E-state index contributed by atoms with van der Waals surface area (Å²) in [6.07, 6.45) is 1.33. The first-order valence-corrected chi connectivity index (χ1v) is 4.46. The summed E-state index contributed by atoms with van der Waals surface area (Å²) in [5.74, 6) is -0.243. The second-order valence-corrected chi connectivity index (χ2v) is 3.32. The Morgan fingerprint density at radius 1 is 1.43 bits per heavy atom. The molecule has 0 saturated heterocycles. The molecule has 1 rings (SSSR count). The summed E-state index contributed by atoms with van der Waals surface area (Å²) >= 11 is 5.69. The van der Waals surface area contributed by atoms with E-state index in [0.29, 0.717) is 16.4 Å². The Morgan fingerprint density at radius 2 is 2.00 bits per heavy atom.